The number of aromatic nitrogens is 7. The van der Waals surface area contributed by atoms with Crippen LogP contribution >= 0.6 is 15.9 Å². The van der Waals surface area contributed by atoms with Crippen LogP contribution in [0, 0.1) is 6.92 Å². The van der Waals surface area contributed by atoms with Crippen molar-refractivity contribution < 1.29 is 4.79 Å². The topological polar surface area (TPSA) is 110 Å². The second-order valence-corrected chi connectivity index (χ2v) is 9.10. The quantitative estimate of drug-likeness (QED) is 0.343. The van der Waals surface area contributed by atoms with E-state index in [1.165, 1.54) is 34.1 Å². The molecule has 0 aliphatic rings. The maximum Gasteiger partial charge on any atom is 0.332 e. The zero-order valence-electron chi connectivity index (χ0n) is 19.6. The van der Waals surface area contributed by atoms with Crippen LogP contribution in [0.25, 0.3) is 28.3 Å². The van der Waals surface area contributed by atoms with Crippen molar-refractivity contribution in [3.63, 3.8) is 0 Å². The molecule has 180 valence electrons. The van der Waals surface area contributed by atoms with Crippen molar-refractivity contribution in [2.45, 2.75) is 6.92 Å². The largest absolute Gasteiger partial charge is 0.332 e. The standard InChI is InChI=1S/C25H20BrN7O3/c1-15-23(27-29-32(15)21-14-22(34)31(3)25(36)30(21)2)24(35)33-20(17-9-11-18(26)12-10-17)13-19(28-33)16-7-5-4-6-8-16/h4-14H,1-3H3. The summed E-state index contributed by atoms with van der Waals surface area (Å²) in [5, 5.41) is 12.8. The summed E-state index contributed by atoms with van der Waals surface area (Å²) in [6, 6.07) is 20.2. The monoisotopic (exact) mass is 545 g/mol. The first kappa shape index (κ1) is 23.4. The Morgan fingerprint density at radius 1 is 0.889 bits per heavy atom. The number of hydrogen-bond donors (Lipinski definition) is 0. The average Bonchev–Trinajstić information content (AvgIpc) is 3.50. The van der Waals surface area contributed by atoms with Gasteiger partial charge in [0.15, 0.2) is 5.69 Å². The first-order valence-corrected chi connectivity index (χ1v) is 11.7. The van der Waals surface area contributed by atoms with Gasteiger partial charge >= 0.3 is 11.6 Å². The number of nitrogens with zero attached hydrogens (tertiary/aromatic N) is 7. The molecule has 0 aliphatic carbocycles. The van der Waals surface area contributed by atoms with Crippen LogP contribution < -0.4 is 11.2 Å². The minimum atomic E-state index is -0.516. The maximum absolute atomic E-state index is 13.7. The highest BCUT2D eigenvalue weighted by atomic mass is 79.9. The van der Waals surface area contributed by atoms with E-state index < -0.39 is 17.2 Å². The van der Waals surface area contributed by atoms with E-state index in [0.29, 0.717) is 17.1 Å². The SMILES string of the molecule is Cc1c(C(=O)n2nc(-c3ccccc3)cc2-c2ccc(Br)cc2)nnn1-c1cc(=O)n(C)c(=O)n1C. The molecule has 5 aromatic rings. The van der Waals surface area contributed by atoms with Crippen LogP contribution in [0.2, 0.25) is 0 Å². The highest BCUT2D eigenvalue weighted by molar-refractivity contribution is 9.10. The van der Waals surface area contributed by atoms with Crippen LogP contribution in [0.15, 0.2) is 80.8 Å². The van der Waals surface area contributed by atoms with Gasteiger partial charge in [-0.3, -0.25) is 18.7 Å². The lowest BCUT2D eigenvalue weighted by atomic mass is 10.1. The Labute approximate surface area is 213 Å². The fourth-order valence-electron chi connectivity index (χ4n) is 3.88. The summed E-state index contributed by atoms with van der Waals surface area (Å²) >= 11 is 3.44. The molecule has 2 aromatic carbocycles. The van der Waals surface area contributed by atoms with Gasteiger partial charge in [-0.2, -0.15) is 9.78 Å². The third kappa shape index (κ3) is 3.93. The lowest BCUT2D eigenvalue weighted by Gasteiger charge is -2.10. The Kier molecular flexibility index (Phi) is 5.84. The molecule has 0 spiro atoms. The molecule has 36 heavy (non-hydrogen) atoms. The second kappa shape index (κ2) is 9.00. The zero-order chi connectivity index (χ0) is 25.6. The van der Waals surface area contributed by atoms with Gasteiger partial charge in [0, 0.05) is 35.8 Å². The van der Waals surface area contributed by atoms with E-state index >= 15 is 0 Å². The molecule has 0 bridgehead atoms. The summed E-state index contributed by atoms with van der Waals surface area (Å²) in [6.07, 6.45) is 0. The Morgan fingerprint density at radius 2 is 1.58 bits per heavy atom. The molecule has 0 saturated carbocycles. The van der Waals surface area contributed by atoms with Crippen molar-refractivity contribution >= 4 is 21.8 Å². The van der Waals surface area contributed by atoms with Gasteiger partial charge in [0.1, 0.15) is 5.82 Å². The third-order valence-corrected chi connectivity index (χ3v) is 6.45. The van der Waals surface area contributed by atoms with E-state index in [1.54, 1.807) is 6.92 Å². The molecular weight excluding hydrogens is 526 g/mol. The van der Waals surface area contributed by atoms with E-state index in [9.17, 15) is 14.4 Å². The average molecular weight is 546 g/mol. The number of halogens is 1. The smallest absolute Gasteiger partial charge is 0.281 e. The Hall–Kier alpha value is -4.38. The van der Waals surface area contributed by atoms with E-state index in [2.05, 4.69) is 31.3 Å². The molecule has 0 unspecified atom stereocenters. The molecule has 0 radical (unpaired) electrons. The minimum Gasteiger partial charge on any atom is -0.281 e. The number of carbonyl (C=O) groups excluding carboxylic acids is 1. The summed E-state index contributed by atoms with van der Waals surface area (Å²) in [5.74, 6) is -0.293. The molecule has 3 aromatic heterocycles. The van der Waals surface area contributed by atoms with Gasteiger partial charge in [-0.25, -0.2) is 9.48 Å². The van der Waals surface area contributed by atoms with Gasteiger partial charge in [-0.15, -0.1) is 5.10 Å². The van der Waals surface area contributed by atoms with Crippen molar-refractivity contribution in [1.82, 2.24) is 33.9 Å². The van der Waals surface area contributed by atoms with Crippen LogP contribution in [0.5, 0.6) is 0 Å². The molecule has 3 heterocycles. The van der Waals surface area contributed by atoms with Gasteiger partial charge in [0.05, 0.1) is 17.1 Å². The molecule has 5 rings (SSSR count). The fraction of sp³-hybridized carbons (Fsp3) is 0.120. The Balaban J connectivity index is 1.65. The summed E-state index contributed by atoms with van der Waals surface area (Å²) in [6.45, 7) is 1.65. The second-order valence-electron chi connectivity index (χ2n) is 8.18. The highest BCUT2D eigenvalue weighted by Gasteiger charge is 2.25. The van der Waals surface area contributed by atoms with Gasteiger partial charge in [0.25, 0.3) is 5.56 Å². The minimum absolute atomic E-state index is 0.0456. The summed E-state index contributed by atoms with van der Waals surface area (Å²) < 4.78 is 5.77. The van der Waals surface area contributed by atoms with Gasteiger partial charge in [-0.1, -0.05) is 63.6 Å². The number of benzene rings is 2. The van der Waals surface area contributed by atoms with Crippen molar-refractivity contribution in [2.24, 2.45) is 14.1 Å². The number of carbonyl (C=O) groups is 1. The maximum atomic E-state index is 13.7. The van der Waals surface area contributed by atoms with Crippen LogP contribution in [0.4, 0.5) is 0 Å². The van der Waals surface area contributed by atoms with Crippen molar-refractivity contribution in [2.75, 3.05) is 0 Å². The van der Waals surface area contributed by atoms with E-state index in [0.717, 1.165) is 20.2 Å². The van der Waals surface area contributed by atoms with Crippen LogP contribution in [-0.2, 0) is 14.1 Å². The lowest BCUT2D eigenvalue weighted by Crippen LogP contribution is -2.38. The highest BCUT2D eigenvalue weighted by Crippen LogP contribution is 2.28. The molecule has 0 fully saturated rings. The first-order chi connectivity index (χ1) is 17.3. The Bertz CT molecular complexity index is 1730. The Morgan fingerprint density at radius 3 is 2.28 bits per heavy atom. The first-order valence-electron chi connectivity index (χ1n) is 10.9. The van der Waals surface area contributed by atoms with Crippen molar-refractivity contribution in [3.05, 3.63) is 103 Å². The van der Waals surface area contributed by atoms with E-state index in [1.807, 2.05) is 60.7 Å². The van der Waals surface area contributed by atoms with E-state index in [4.69, 9.17) is 0 Å². The molecule has 0 atom stereocenters. The van der Waals surface area contributed by atoms with Gasteiger partial charge in [-0.05, 0) is 25.1 Å². The predicted octanol–water partition coefficient (Wildman–Crippen LogP) is 2.95. The fourth-order valence-corrected chi connectivity index (χ4v) is 4.15. The molecule has 0 amide bonds. The van der Waals surface area contributed by atoms with E-state index in [-0.39, 0.29) is 11.5 Å². The molecular formula is C25H20BrN7O3. The number of rotatable bonds is 4. The van der Waals surface area contributed by atoms with Crippen molar-refractivity contribution in [1.29, 1.82) is 0 Å². The summed E-state index contributed by atoms with van der Waals surface area (Å²) in [7, 11) is 2.91. The van der Waals surface area contributed by atoms with Crippen LogP contribution in [0.3, 0.4) is 0 Å². The molecule has 0 N–H and O–H groups in total. The van der Waals surface area contributed by atoms with Crippen LogP contribution in [0.1, 0.15) is 16.2 Å². The summed E-state index contributed by atoms with van der Waals surface area (Å²) in [4.78, 5) is 38.4. The zero-order valence-corrected chi connectivity index (χ0v) is 21.2. The molecule has 0 saturated heterocycles. The molecule has 10 nitrogen and oxygen atoms in total. The normalized spacial score (nSPS) is 11.1. The molecule has 0 aliphatic heterocycles. The predicted molar refractivity (Wildman–Crippen MR) is 137 cm³/mol. The lowest BCUT2D eigenvalue weighted by molar-refractivity contribution is 0.0941. The van der Waals surface area contributed by atoms with Crippen molar-refractivity contribution in [3.8, 4) is 28.3 Å². The van der Waals surface area contributed by atoms with Gasteiger partial charge in [0.2, 0.25) is 0 Å². The number of hydrogen-bond acceptors (Lipinski definition) is 6. The third-order valence-electron chi connectivity index (χ3n) is 5.93. The van der Waals surface area contributed by atoms with Crippen LogP contribution in [-0.4, -0.2) is 39.8 Å². The summed E-state index contributed by atoms with van der Waals surface area (Å²) in [5.41, 5.74) is 2.26. The van der Waals surface area contributed by atoms with Gasteiger partial charge < -0.3 is 0 Å². The molecule has 11 heteroatoms.